The molecule has 2 aliphatic heterocycles. The summed E-state index contributed by atoms with van der Waals surface area (Å²) in [5.74, 6) is 0. The van der Waals surface area contributed by atoms with E-state index in [2.05, 4.69) is 45.3 Å². The molecular formula is C9H13N3S. The third-order valence-corrected chi connectivity index (χ3v) is 3.77. The molecule has 0 unspecified atom stereocenters. The summed E-state index contributed by atoms with van der Waals surface area (Å²) >= 11 is 4.55. The molecule has 3 rings (SSSR count). The van der Waals surface area contributed by atoms with Gasteiger partial charge in [0.25, 0.3) is 0 Å². The molecule has 1 aromatic rings. The van der Waals surface area contributed by atoms with E-state index in [0.717, 1.165) is 26.2 Å². The van der Waals surface area contributed by atoms with E-state index in [-0.39, 0.29) is 5.54 Å². The van der Waals surface area contributed by atoms with Gasteiger partial charge in [-0.2, -0.15) is 0 Å². The second-order valence-corrected chi connectivity index (χ2v) is 4.33. The molecular weight excluding hydrogens is 182 g/mol. The molecule has 0 aliphatic carbocycles. The van der Waals surface area contributed by atoms with Crippen molar-refractivity contribution in [1.29, 1.82) is 0 Å². The Morgan fingerprint density at radius 1 is 1.38 bits per heavy atom. The smallest absolute Gasteiger partial charge is 0.0958 e. The van der Waals surface area contributed by atoms with Crippen molar-refractivity contribution < 1.29 is 0 Å². The van der Waals surface area contributed by atoms with Gasteiger partial charge in [-0.05, 0) is 12.1 Å². The van der Waals surface area contributed by atoms with Crippen LogP contribution in [0.1, 0.15) is 5.69 Å². The molecule has 1 fully saturated rings. The van der Waals surface area contributed by atoms with Crippen LogP contribution in [0.25, 0.3) is 0 Å². The van der Waals surface area contributed by atoms with Crippen LogP contribution in [0.2, 0.25) is 0 Å². The van der Waals surface area contributed by atoms with Crippen LogP contribution in [0.3, 0.4) is 0 Å². The largest absolute Gasteiger partial charge is 0.348 e. The maximum Gasteiger partial charge on any atom is 0.0958 e. The highest BCUT2D eigenvalue weighted by molar-refractivity contribution is 7.77. The summed E-state index contributed by atoms with van der Waals surface area (Å²) in [6.07, 6.45) is 2.16. The Bertz CT molecular complexity index is 329. The molecule has 0 aromatic carbocycles. The molecule has 1 aromatic heterocycles. The minimum Gasteiger partial charge on any atom is -0.348 e. The van der Waals surface area contributed by atoms with Crippen molar-refractivity contribution in [1.82, 2.24) is 14.2 Å². The van der Waals surface area contributed by atoms with E-state index in [1.807, 2.05) is 0 Å². The third kappa shape index (κ3) is 0.882. The SMILES string of the molecule is SN1CCn2cccc2C12CNC2. The van der Waals surface area contributed by atoms with Gasteiger partial charge in [-0.3, -0.25) is 0 Å². The lowest BCUT2D eigenvalue weighted by molar-refractivity contribution is 0.0918. The topological polar surface area (TPSA) is 20.2 Å². The molecule has 0 saturated carbocycles. The molecule has 0 amide bonds. The van der Waals surface area contributed by atoms with Crippen molar-refractivity contribution in [3.63, 3.8) is 0 Å². The molecule has 0 atom stereocenters. The Morgan fingerprint density at radius 3 is 2.92 bits per heavy atom. The van der Waals surface area contributed by atoms with Crippen molar-refractivity contribution in [3.05, 3.63) is 24.0 Å². The van der Waals surface area contributed by atoms with E-state index in [4.69, 9.17) is 0 Å². The van der Waals surface area contributed by atoms with Gasteiger partial charge >= 0.3 is 0 Å². The van der Waals surface area contributed by atoms with Crippen LogP contribution < -0.4 is 5.32 Å². The Kier molecular flexibility index (Phi) is 1.54. The molecule has 3 heterocycles. The molecule has 1 spiro atoms. The lowest BCUT2D eigenvalue weighted by Crippen LogP contribution is -2.66. The van der Waals surface area contributed by atoms with Crippen LogP contribution in [-0.2, 0) is 12.1 Å². The highest BCUT2D eigenvalue weighted by atomic mass is 32.1. The zero-order valence-corrected chi connectivity index (χ0v) is 8.30. The maximum atomic E-state index is 4.55. The normalized spacial score (nSPS) is 25.6. The first kappa shape index (κ1) is 7.91. The van der Waals surface area contributed by atoms with E-state index in [9.17, 15) is 0 Å². The highest BCUT2D eigenvalue weighted by Crippen LogP contribution is 2.36. The molecule has 4 heteroatoms. The van der Waals surface area contributed by atoms with Gasteiger partial charge in [-0.15, -0.1) is 0 Å². The van der Waals surface area contributed by atoms with Gasteiger partial charge in [-0.1, -0.05) is 12.8 Å². The lowest BCUT2D eigenvalue weighted by atomic mass is 9.87. The summed E-state index contributed by atoms with van der Waals surface area (Å²) < 4.78 is 4.52. The fraction of sp³-hybridized carbons (Fsp3) is 0.556. The van der Waals surface area contributed by atoms with Crippen LogP contribution in [0.15, 0.2) is 18.3 Å². The van der Waals surface area contributed by atoms with E-state index in [0.29, 0.717) is 0 Å². The Balaban J connectivity index is 2.11. The molecule has 0 bridgehead atoms. The van der Waals surface area contributed by atoms with Crippen LogP contribution in [0.5, 0.6) is 0 Å². The van der Waals surface area contributed by atoms with E-state index in [1.165, 1.54) is 5.69 Å². The first-order valence-corrected chi connectivity index (χ1v) is 5.06. The molecule has 3 nitrogen and oxygen atoms in total. The standard InChI is InChI=1S/C9H13N3S/c13-12-5-4-11-3-1-2-8(11)9(12)6-10-7-9/h1-3,10,13H,4-7H2. The van der Waals surface area contributed by atoms with Gasteiger partial charge < -0.3 is 9.88 Å². The molecule has 2 aliphatic rings. The quantitative estimate of drug-likeness (QED) is 0.586. The second kappa shape index (κ2) is 2.53. The van der Waals surface area contributed by atoms with Crippen molar-refractivity contribution >= 4 is 12.8 Å². The van der Waals surface area contributed by atoms with Crippen molar-refractivity contribution in [2.45, 2.75) is 12.1 Å². The summed E-state index contributed by atoms with van der Waals surface area (Å²) in [6, 6.07) is 4.34. The Hall–Kier alpha value is -0.450. The minimum atomic E-state index is 0.171. The highest BCUT2D eigenvalue weighted by Gasteiger charge is 2.46. The summed E-state index contributed by atoms with van der Waals surface area (Å²) in [5, 5.41) is 3.33. The van der Waals surface area contributed by atoms with Crippen molar-refractivity contribution in [2.24, 2.45) is 0 Å². The molecule has 70 valence electrons. The number of hydrogen-bond donors (Lipinski definition) is 2. The average molecular weight is 195 g/mol. The fourth-order valence-electron chi connectivity index (χ4n) is 2.31. The molecule has 1 N–H and O–H groups in total. The van der Waals surface area contributed by atoms with Gasteiger partial charge in [0.15, 0.2) is 0 Å². The maximum absolute atomic E-state index is 4.55. The minimum absolute atomic E-state index is 0.171. The number of nitrogens with zero attached hydrogens (tertiary/aromatic N) is 2. The summed E-state index contributed by atoms with van der Waals surface area (Å²) in [5.41, 5.74) is 1.58. The van der Waals surface area contributed by atoms with Crippen molar-refractivity contribution in [2.75, 3.05) is 19.6 Å². The van der Waals surface area contributed by atoms with Crippen LogP contribution in [0, 0.1) is 0 Å². The van der Waals surface area contributed by atoms with E-state index in [1.54, 1.807) is 0 Å². The number of fused-ring (bicyclic) bond motifs is 2. The predicted octanol–water partition coefficient (Wildman–Crippen LogP) is 0.447. The van der Waals surface area contributed by atoms with Crippen LogP contribution in [0.4, 0.5) is 0 Å². The number of aromatic nitrogens is 1. The molecule has 0 radical (unpaired) electrons. The van der Waals surface area contributed by atoms with Gasteiger partial charge in [0.2, 0.25) is 0 Å². The fourth-order valence-corrected chi connectivity index (χ4v) is 2.64. The monoisotopic (exact) mass is 195 g/mol. The number of hydrogen-bond acceptors (Lipinski definition) is 3. The van der Waals surface area contributed by atoms with Gasteiger partial charge in [0, 0.05) is 38.1 Å². The number of thiol groups is 1. The van der Waals surface area contributed by atoms with E-state index >= 15 is 0 Å². The number of rotatable bonds is 0. The number of nitrogens with one attached hydrogen (secondary N) is 1. The second-order valence-electron chi connectivity index (χ2n) is 3.85. The average Bonchev–Trinajstić information content (AvgIpc) is 2.48. The van der Waals surface area contributed by atoms with Gasteiger partial charge in [0.1, 0.15) is 0 Å². The first-order chi connectivity index (χ1) is 6.33. The summed E-state index contributed by atoms with van der Waals surface area (Å²) in [4.78, 5) is 0. The Morgan fingerprint density at radius 2 is 2.23 bits per heavy atom. The predicted molar refractivity (Wildman–Crippen MR) is 54.7 cm³/mol. The molecule has 13 heavy (non-hydrogen) atoms. The molecule has 1 saturated heterocycles. The van der Waals surface area contributed by atoms with Crippen LogP contribution >= 0.6 is 12.8 Å². The van der Waals surface area contributed by atoms with Gasteiger partial charge in [-0.25, -0.2) is 4.31 Å². The third-order valence-electron chi connectivity index (χ3n) is 3.19. The zero-order chi connectivity index (χ0) is 8.89. The van der Waals surface area contributed by atoms with Crippen LogP contribution in [-0.4, -0.2) is 28.5 Å². The first-order valence-electron chi connectivity index (χ1n) is 4.66. The van der Waals surface area contributed by atoms with Crippen molar-refractivity contribution in [3.8, 4) is 0 Å². The summed E-state index contributed by atoms with van der Waals surface area (Å²) in [7, 11) is 0. The summed E-state index contributed by atoms with van der Waals surface area (Å²) in [6.45, 7) is 4.15. The van der Waals surface area contributed by atoms with E-state index < -0.39 is 0 Å². The van der Waals surface area contributed by atoms with Gasteiger partial charge in [0.05, 0.1) is 5.54 Å². The lowest BCUT2D eigenvalue weighted by Gasteiger charge is -2.51. The Labute approximate surface area is 83.3 Å². The zero-order valence-electron chi connectivity index (χ0n) is 7.40.